The zero-order valence-corrected chi connectivity index (χ0v) is 16.3. The number of piperidine rings is 1. The van der Waals surface area contributed by atoms with Crippen molar-refractivity contribution in [2.45, 2.75) is 38.1 Å². The fourth-order valence-corrected chi connectivity index (χ4v) is 4.29. The molecule has 2 aliphatic rings. The number of fused-ring (bicyclic) bond motifs is 1. The Labute approximate surface area is 164 Å². The second kappa shape index (κ2) is 7.77. The molecular weight excluding hydrogens is 362 g/mol. The van der Waals surface area contributed by atoms with Gasteiger partial charge in [-0.1, -0.05) is 23.7 Å². The SMILES string of the molecule is COc1cccc2c1CCC2Nc1ncc(C(=O)N2CCCCC2)cc1Cl. The summed E-state index contributed by atoms with van der Waals surface area (Å²) in [6.45, 7) is 1.63. The van der Waals surface area contributed by atoms with Gasteiger partial charge in [0.1, 0.15) is 11.6 Å². The second-order valence-electron chi connectivity index (χ2n) is 7.17. The summed E-state index contributed by atoms with van der Waals surface area (Å²) < 4.78 is 5.47. The zero-order chi connectivity index (χ0) is 18.8. The summed E-state index contributed by atoms with van der Waals surface area (Å²) in [4.78, 5) is 19.0. The smallest absolute Gasteiger partial charge is 0.255 e. The molecule has 0 bridgehead atoms. The number of methoxy groups -OCH3 is 1. The molecular formula is C21H24ClN3O2. The second-order valence-corrected chi connectivity index (χ2v) is 7.58. The maximum Gasteiger partial charge on any atom is 0.255 e. The van der Waals surface area contributed by atoms with Crippen LogP contribution in [-0.2, 0) is 6.42 Å². The lowest BCUT2D eigenvalue weighted by Crippen LogP contribution is -2.35. The van der Waals surface area contributed by atoms with Crippen LogP contribution in [0.3, 0.4) is 0 Å². The number of carbonyl (C=O) groups is 1. The number of hydrogen-bond donors (Lipinski definition) is 1. The van der Waals surface area contributed by atoms with Crippen LogP contribution in [0.2, 0.25) is 5.02 Å². The molecule has 0 radical (unpaired) electrons. The Balaban J connectivity index is 1.51. The molecule has 1 unspecified atom stereocenters. The first-order valence-corrected chi connectivity index (χ1v) is 9.92. The van der Waals surface area contributed by atoms with E-state index in [4.69, 9.17) is 16.3 Å². The van der Waals surface area contributed by atoms with Crippen LogP contribution in [0.25, 0.3) is 0 Å². The molecule has 1 N–H and O–H groups in total. The number of carbonyl (C=O) groups excluding carboxylic acids is 1. The predicted octanol–water partition coefficient (Wildman–Crippen LogP) is 4.47. The Hall–Kier alpha value is -2.27. The van der Waals surface area contributed by atoms with Crippen LogP contribution in [0, 0.1) is 0 Å². The molecule has 4 rings (SSSR count). The number of aromatic nitrogens is 1. The Kier molecular flexibility index (Phi) is 5.21. The standard InChI is InChI=1S/C21H24ClN3O2/c1-27-19-7-5-6-15-16(19)8-9-18(15)24-20-17(22)12-14(13-23-20)21(26)25-10-3-2-4-11-25/h5-7,12-13,18H,2-4,8-11H2,1H3,(H,23,24). The van der Waals surface area contributed by atoms with E-state index in [-0.39, 0.29) is 11.9 Å². The van der Waals surface area contributed by atoms with Gasteiger partial charge in [0, 0.05) is 19.3 Å². The first-order valence-electron chi connectivity index (χ1n) is 9.54. The van der Waals surface area contributed by atoms with Gasteiger partial charge in [0.15, 0.2) is 0 Å². The van der Waals surface area contributed by atoms with Gasteiger partial charge < -0.3 is 15.0 Å². The molecule has 5 nitrogen and oxygen atoms in total. The zero-order valence-electron chi connectivity index (χ0n) is 15.5. The van der Waals surface area contributed by atoms with E-state index in [1.165, 1.54) is 17.5 Å². The number of benzene rings is 1. The highest BCUT2D eigenvalue weighted by atomic mass is 35.5. The highest BCUT2D eigenvalue weighted by Crippen LogP contribution is 2.39. The van der Waals surface area contributed by atoms with Crippen molar-refractivity contribution in [1.29, 1.82) is 0 Å². The maximum atomic E-state index is 12.6. The lowest BCUT2D eigenvalue weighted by molar-refractivity contribution is 0.0724. The van der Waals surface area contributed by atoms with Gasteiger partial charge >= 0.3 is 0 Å². The predicted molar refractivity (Wildman–Crippen MR) is 107 cm³/mol. The normalized spacial score (nSPS) is 18.9. The molecule has 1 aromatic heterocycles. The van der Waals surface area contributed by atoms with E-state index in [1.807, 2.05) is 17.0 Å². The average molecular weight is 386 g/mol. The molecule has 0 spiro atoms. The van der Waals surface area contributed by atoms with Crippen LogP contribution in [0.15, 0.2) is 30.5 Å². The maximum absolute atomic E-state index is 12.6. The number of likely N-dealkylation sites (tertiary alicyclic amines) is 1. The number of amides is 1. The average Bonchev–Trinajstić information content (AvgIpc) is 3.12. The summed E-state index contributed by atoms with van der Waals surface area (Å²) in [5.74, 6) is 1.57. The van der Waals surface area contributed by atoms with Gasteiger partial charge in [-0.2, -0.15) is 0 Å². The Morgan fingerprint density at radius 3 is 2.85 bits per heavy atom. The number of nitrogens with zero attached hydrogens (tertiary/aromatic N) is 2. The lowest BCUT2D eigenvalue weighted by atomic mass is 10.1. The number of halogens is 1. The Bertz CT molecular complexity index is 849. The van der Waals surface area contributed by atoms with Crippen LogP contribution < -0.4 is 10.1 Å². The molecule has 2 heterocycles. The number of anilines is 1. The fourth-order valence-electron chi connectivity index (χ4n) is 4.07. The van der Waals surface area contributed by atoms with Crippen molar-refractivity contribution < 1.29 is 9.53 Å². The van der Waals surface area contributed by atoms with Gasteiger partial charge in [0.05, 0.1) is 23.7 Å². The van der Waals surface area contributed by atoms with E-state index in [1.54, 1.807) is 19.4 Å². The minimum absolute atomic E-state index is 0.0200. The van der Waals surface area contributed by atoms with Gasteiger partial charge in [-0.05, 0) is 55.4 Å². The van der Waals surface area contributed by atoms with Crippen molar-refractivity contribution >= 4 is 23.3 Å². The molecule has 1 saturated heterocycles. The van der Waals surface area contributed by atoms with Gasteiger partial charge in [0.2, 0.25) is 0 Å². The first-order chi connectivity index (χ1) is 13.2. The van der Waals surface area contributed by atoms with Gasteiger partial charge in [-0.15, -0.1) is 0 Å². The van der Waals surface area contributed by atoms with Gasteiger partial charge in [-0.25, -0.2) is 4.98 Å². The monoisotopic (exact) mass is 385 g/mol. The summed E-state index contributed by atoms with van der Waals surface area (Å²) in [6.07, 6.45) is 6.88. The van der Waals surface area contributed by atoms with Gasteiger partial charge in [-0.3, -0.25) is 4.79 Å². The van der Waals surface area contributed by atoms with Crippen molar-refractivity contribution in [2.75, 3.05) is 25.5 Å². The van der Waals surface area contributed by atoms with E-state index < -0.39 is 0 Å². The van der Waals surface area contributed by atoms with Crippen molar-refractivity contribution in [1.82, 2.24) is 9.88 Å². The van der Waals surface area contributed by atoms with Crippen LogP contribution in [0.1, 0.15) is 53.2 Å². The van der Waals surface area contributed by atoms with Crippen LogP contribution in [0.4, 0.5) is 5.82 Å². The van der Waals surface area contributed by atoms with Crippen LogP contribution in [0.5, 0.6) is 5.75 Å². The molecule has 142 valence electrons. The molecule has 1 fully saturated rings. The third kappa shape index (κ3) is 3.61. The first kappa shape index (κ1) is 18.1. The van der Waals surface area contributed by atoms with Crippen LogP contribution >= 0.6 is 11.6 Å². The molecule has 1 aromatic carbocycles. The van der Waals surface area contributed by atoms with Crippen molar-refractivity contribution in [3.8, 4) is 5.75 Å². The van der Waals surface area contributed by atoms with E-state index in [0.717, 1.165) is 44.5 Å². The molecule has 27 heavy (non-hydrogen) atoms. The number of hydrogen-bond acceptors (Lipinski definition) is 4. The topological polar surface area (TPSA) is 54.5 Å². The van der Waals surface area contributed by atoms with Crippen LogP contribution in [-0.4, -0.2) is 36.0 Å². The van der Waals surface area contributed by atoms with Crippen molar-refractivity contribution in [3.05, 3.63) is 52.2 Å². The molecule has 2 aromatic rings. The van der Waals surface area contributed by atoms with Gasteiger partial charge in [0.25, 0.3) is 5.91 Å². The third-order valence-corrected chi connectivity index (χ3v) is 5.78. The summed E-state index contributed by atoms with van der Waals surface area (Å²) >= 11 is 6.46. The lowest BCUT2D eigenvalue weighted by Gasteiger charge is -2.26. The quantitative estimate of drug-likeness (QED) is 0.843. The van der Waals surface area contributed by atoms with Crippen molar-refractivity contribution in [3.63, 3.8) is 0 Å². The van der Waals surface area contributed by atoms with E-state index in [2.05, 4.69) is 16.4 Å². The molecule has 1 aliphatic heterocycles. The van der Waals surface area contributed by atoms with E-state index in [0.29, 0.717) is 16.4 Å². The summed E-state index contributed by atoms with van der Waals surface area (Å²) in [7, 11) is 1.70. The number of rotatable bonds is 4. The highest BCUT2D eigenvalue weighted by molar-refractivity contribution is 6.33. The summed E-state index contributed by atoms with van der Waals surface area (Å²) in [5.41, 5.74) is 3.02. The molecule has 1 aliphatic carbocycles. The third-order valence-electron chi connectivity index (χ3n) is 5.49. The minimum Gasteiger partial charge on any atom is -0.496 e. The summed E-state index contributed by atoms with van der Waals surface area (Å²) in [6, 6.07) is 7.99. The summed E-state index contributed by atoms with van der Waals surface area (Å²) in [5, 5.41) is 3.92. The molecule has 6 heteroatoms. The Morgan fingerprint density at radius 1 is 1.30 bits per heavy atom. The molecule has 0 saturated carbocycles. The number of pyridine rings is 1. The Morgan fingerprint density at radius 2 is 2.11 bits per heavy atom. The fraction of sp³-hybridized carbons (Fsp3) is 0.429. The molecule has 1 amide bonds. The largest absolute Gasteiger partial charge is 0.496 e. The minimum atomic E-state index is 0.0200. The highest BCUT2D eigenvalue weighted by Gasteiger charge is 2.26. The van der Waals surface area contributed by atoms with E-state index >= 15 is 0 Å². The number of ether oxygens (including phenoxy) is 1. The van der Waals surface area contributed by atoms with Crippen molar-refractivity contribution in [2.24, 2.45) is 0 Å². The van der Waals surface area contributed by atoms with E-state index in [9.17, 15) is 4.79 Å². The number of nitrogens with one attached hydrogen (secondary N) is 1. The molecule has 1 atom stereocenters.